The second-order valence-electron chi connectivity index (χ2n) is 9.81. The van der Waals surface area contributed by atoms with Gasteiger partial charge < -0.3 is 22.8 Å². The van der Waals surface area contributed by atoms with Crippen molar-refractivity contribution in [1.82, 2.24) is 9.55 Å². The zero-order chi connectivity index (χ0) is 24.0. The van der Waals surface area contributed by atoms with Crippen LogP contribution in [-0.4, -0.2) is 44.5 Å². The fraction of sp³-hybridized carbons (Fsp3) is 0.714. The first kappa shape index (κ1) is 25.0. The topological polar surface area (TPSA) is 112 Å². The van der Waals surface area contributed by atoms with Crippen LogP contribution in [0.4, 0.5) is 0 Å². The van der Waals surface area contributed by atoms with Crippen LogP contribution >= 0.6 is 0 Å². The summed E-state index contributed by atoms with van der Waals surface area (Å²) >= 11 is 0. The Morgan fingerprint density at radius 2 is 1.56 bits per heavy atom. The van der Waals surface area contributed by atoms with E-state index in [1.54, 1.807) is 0 Å². The van der Waals surface area contributed by atoms with Crippen LogP contribution in [-0.2, 0) is 17.7 Å². The second-order valence-corrected chi connectivity index (χ2v) is 18.6. The lowest BCUT2D eigenvalue weighted by molar-refractivity contribution is -0.0158. The number of H-pyrrole nitrogens is 1. The van der Waals surface area contributed by atoms with Gasteiger partial charge in [-0.25, -0.2) is 4.79 Å². The van der Waals surface area contributed by atoms with Crippen LogP contribution in [0.3, 0.4) is 0 Å². The second kappa shape index (κ2) is 8.94. The number of aliphatic hydroxyl groups is 1. The SMILES string of the molecule is CC(C)[Si]1(C(C)C)OCC2=C(O[Si](C(C)C)(C(C)C)O1)C(O)[C@H](n1ccc(=O)[nH]c1=O)O2. The lowest BCUT2D eigenvalue weighted by Gasteiger charge is -2.49. The van der Waals surface area contributed by atoms with Crippen LogP contribution in [0.15, 0.2) is 33.4 Å². The van der Waals surface area contributed by atoms with E-state index in [1.165, 1.54) is 12.3 Å². The average Bonchev–Trinajstić information content (AvgIpc) is 2.96. The molecule has 3 rings (SSSR count). The zero-order valence-electron chi connectivity index (χ0n) is 20.2. The number of aromatic nitrogens is 2. The molecule has 0 aliphatic carbocycles. The highest BCUT2D eigenvalue weighted by atomic mass is 28.5. The predicted molar refractivity (Wildman–Crippen MR) is 124 cm³/mol. The molecule has 1 aromatic heterocycles. The molecule has 2 N–H and O–H groups in total. The van der Waals surface area contributed by atoms with Gasteiger partial charge in [-0.2, -0.15) is 0 Å². The van der Waals surface area contributed by atoms with E-state index in [0.717, 1.165) is 4.57 Å². The number of nitrogens with one attached hydrogen (secondary N) is 1. The van der Waals surface area contributed by atoms with Crippen molar-refractivity contribution >= 4 is 17.1 Å². The molecule has 0 bridgehead atoms. The van der Waals surface area contributed by atoms with Gasteiger partial charge in [0.05, 0.1) is 6.61 Å². The molecule has 0 aromatic carbocycles. The van der Waals surface area contributed by atoms with Crippen LogP contribution in [0.1, 0.15) is 61.6 Å². The number of rotatable bonds is 5. The highest BCUT2D eigenvalue weighted by molar-refractivity contribution is 6.84. The Morgan fingerprint density at radius 1 is 1.00 bits per heavy atom. The lowest BCUT2D eigenvalue weighted by Crippen LogP contribution is -2.62. The van der Waals surface area contributed by atoms with Gasteiger partial charge in [0, 0.05) is 23.3 Å². The predicted octanol–water partition coefficient (Wildman–Crippen LogP) is 3.23. The number of hydrogen-bond acceptors (Lipinski definition) is 7. The Morgan fingerprint density at radius 3 is 2.06 bits per heavy atom. The Kier molecular flexibility index (Phi) is 6.97. The molecule has 1 aromatic rings. The molecule has 0 spiro atoms. The van der Waals surface area contributed by atoms with E-state index in [4.69, 9.17) is 17.7 Å². The average molecular weight is 485 g/mol. The van der Waals surface area contributed by atoms with Crippen LogP contribution in [0, 0.1) is 0 Å². The highest BCUT2D eigenvalue weighted by Gasteiger charge is 2.60. The van der Waals surface area contributed by atoms with Crippen molar-refractivity contribution in [2.45, 2.75) is 89.9 Å². The van der Waals surface area contributed by atoms with E-state index >= 15 is 0 Å². The fourth-order valence-electron chi connectivity index (χ4n) is 4.65. The van der Waals surface area contributed by atoms with Crippen molar-refractivity contribution in [1.29, 1.82) is 0 Å². The Hall–Kier alpha value is -1.67. The van der Waals surface area contributed by atoms with Crippen LogP contribution in [0.5, 0.6) is 0 Å². The van der Waals surface area contributed by atoms with Gasteiger partial charge in [-0.3, -0.25) is 14.3 Å². The third-order valence-corrected chi connectivity index (χ3v) is 16.6. The molecule has 9 nitrogen and oxygen atoms in total. The maximum absolute atomic E-state index is 12.4. The third kappa shape index (κ3) is 4.05. The first-order valence-electron chi connectivity index (χ1n) is 11.3. The first-order valence-corrected chi connectivity index (χ1v) is 15.2. The molecule has 2 atom stereocenters. The molecular formula is C21H36N2O7Si2. The van der Waals surface area contributed by atoms with Gasteiger partial charge in [0.15, 0.2) is 17.6 Å². The summed E-state index contributed by atoms with van der Waals surface area (Å²) < 4.78 is 27.5. The van der Waals surface area contributed by atoms with Crippen molar-refractivity contribution in [3.8, 4) is 0 Å². The van der Waals surface area contributed by atoms with Gasteiger partial charge in [-0.1, -0.05) is 55.4 Å². The number of nitrogens with zero attached hydrogens (tertiary/aromatic N) is 1. The van der Waals surface area contributed by atoms with Crippen molar-refractivity contribution in [2.24, 2.45) is 0 Å². The first-order chi connectivity index (χ1) is 14.9. The van der Waals surface area contributed by atoms with E-state index in [9.17, 15) is 14.7 Å². The molecule has 32 heavy (non-hydrogen) atoms. The maximum atomic E-state index is 12.4. The molecule has 2 aliphatic rings. The fourth-order valence-corrected chi connectivity index (χ4v) is 15.6. The molecule has 0 saturated heterocycles. The molecule has 3 heterocycles. The summed E-state index contributed by atoms with van der Waals surface area (Å²) in [6, 6.07) is 1.21. The van der Waals surface area contributed by atoms with Crippen molar-refractivity contribution in [3.63, 3.8) is 0 Å². The molecule has 11 heteroatoms. The smallest absolute Gasteiger partial charge is 0.395 e. The molecule has 0 radical (unpaired) electrons. The third-order valence-electron chi connectivity index (χ3n) is 6.44. The maximum Gasteiger partial charge on any atom is 0.395 e. The lowest BCUT2D eigenvalue weighted by atomic mass is 10.2. The van der Waals surface area contributed by atoms with Gasteiger partial charge in [-0.05, 0) is 11.1 Å². The van der Waals surface area contributed by atoms with Crippen molar-refractivity contribution < 1.29 is 22.8 Å². The summed E-state index contributed by atoms with van der Waals surface area (Å²) in [5.74, 6) is 0.637. The molecule has 2 aliphatic heterocycles. The molecule has 0 amide bonds. The van der Waals surface area contributed by atoms with Gasteiger partial charge in [-0.15, -0.1) is 0 Å². The van der Waals surface area contributed by atoms with Crippen LogP contribution in [0.25, 0.3) is 0 Å². The van der Waals surface area contributed by atoms with Crippen LogP contribution < -0.4 is 11.2 Å². The Balaban J connectivity index is 2.11. The Bertz CT molecular complexity index is 967. The molecule has 0 fully saturated rings. The molecule has 0 saturated carbocycles. The molecular weight excluding hydrogens is 448 g/mol. The number of aromatic amines is 1. The normalized spacial score (nSPS) is 25.0. The number of hydrogen-bond donors (Lipinski definition) is 2. The summed E-state index contributed by atoms with van der Waals surface area (Å²) in [6.07, 6.45) is -0.993. The van der Waals surface area contributed by atoms with E-state index in [0.29, 0.717) is 5.76 Å². The van der Waals surface area contributed by atoms with E-state index in [1.807, 2.05) is 0 Å². The van der Waals surface area contributed by atoms with Gasteiger partial charge in [0.1, 0.15) is 0 Å². The monoisotopic (exact) mass is 484 g/mol. The summed E-state index contributed by atoms with van der Waals surface area (Å²) in [5, 5.41) is 11.2. The summed E-state index contributed by atoms with van der Waals surface area (Å²) in [6.45, 7) is 16.9. The minimum Gasteiger partial charge on any atom is -0.519 e. The zero-order valence-corrected chi connectivity index (χ0v) is 22.2. The van der Waals surface area contributed by atoms with E-state index < -0.39 is 40.7 Å². The van der Waals surface area contributed by atoms with Gasteiger partial charge in [0.25, 0.3) is 5.56 Å². The van der Waals surface area contributed by atoms with Crippen molar-refractivity contribution in [2.75, 3.05) is 6.61 Å². The highest BCUT2D eigenvalue weighted by Crippen LogP contribution is 2.48. The van der Waals surface area contributed by atoms with E-state index in [2.05, 4.69) is 60.4 Å². The summed E-state index contributed by atoms with van der Waals surface area (Å²) in [5.41, 5.74) is -0.705. The minimum atomic E-state index is -2.97. The standard InChI is InChI=1S/C21H36N2O7Si2/c1-12(2)31(13(3)4)27-11-16-19(29-32(30-31,14(5)6)15(7)8)18(25)20(28-16)23-10-9-17(24)22-21(23)26/h9-10,12-15,18,20,25H,11H2,1-8H3,(H,22,24,26)/t18?,20-/m1/s1. The Labute approximate surface area is 190 Å². The molecule has 180 valence electrons. The van der Waals surface area contributed by atoms with E-state index in [-0.39, 0.29) is 34.5 Å². The number of ether oxygens (including phenoxy) is 1. The quantitative estimate of drug-likeness (QED) is 0.617. The van der Waals surface area contributed by atoms with Gasteiger partial charge >= 0.3 is 22.8 Å². The number of aliphatic hydroxyl groups excluding tert-OH is 1. The van der Waals surface area contributed by atoms with Crippen molar-refractivity contribution in [3.05, 3.63) is 44.6 Å². The van der Waals surface area contributed by atoms with Gasteiger partial charge in [0.2, 0.25) is 6.23 Å². The minimum absolute atomic E-state index is 0.0735. The largest absolute Gasteiger partial charge is 0.519 e. The molecule has 1 unspecified atom stereocenters. The summed E-state index contributed by atoms with van der Waals surface area (Å²) in [7, 11) is -5.73. The van der Waals surface area contributed by atoms with Crippen LogP contribution in [0.2, 0.25) is 22.2 Å². The summed E-state index contributed by atoms with van der Waals surface area (Å²) in [4.78, 5) is 26.0.